The fourth-order valence-electron chi connectivity index (χ4n) is 1.73. The van der Waals surface area contributed by atoms with Crippen LogP contribution in [0.25, 0.3) is 10.9 Å². The molecule has 0 amide bonds. The maximum atomic E-state index is 9.89. The van der Waals surface area contributed by atoms with Crippen LogP contribution < -0.4 is 5.73 Å². The lowest BCUT2D eigenvalue weighted by molar-refractivity contribution is 0.477. The van der Waals surface area contributed by atoms with Gasteiger partial charge < -0.3 is 15.8 Å². The molecule has 1 aromatic carbocycles. The van der Waals surface area contributed by atoms with Gasteiger partial charge in [-0.2, -0.15) is 0 Å². The first kappa shape index (κ1) is 9.09. The van der Waals surface area contributed by atoms with Crippen molar-refractivity contribution >= 4 is 10.9 Å². The molecular weight excluding hydrogens is 176 g/mol. The molecule has 0 saturated carbocycles. The average molecular weight is 190 g/mol. The maximum Gasteiger partial charge on any atom is 0.128 e. The highest BCUT2D eigenvalue weighted by Crippen LogP contribution is 2.30. The standard InChI is InChI=1S/C11H14N2O/c1-7-2-3-9-10(11(7)14)8(4-5-12)6-13-9/h2-3,6,13-14H,4-5,12H2,1H3. The quantitative estimate of drug-likeness (QED) is 0.674. The van der Waals surface area contributed by atoms with Crippen molar-refractivity contribution in [1.82, 2.24) is 4.98 Å². The highest BCUT2D eigenvalue weighted by atomic mass is 16.3. The van der Waals surface area contributed by atoms with Gasteiger partial charge in [0.1, 0.15) is 5.75 Å². The summed E-state index contributed by atoms with van der Waals surface area (Å²) < 4.78 is 0. The van der Waals surface area contributed by atoms with Crippen molar-refractivity contribution in [2.75, 3.05) is 6.54 Å². The first-order valence-corrected chi connectivity index (χ1v) is 4.72. The van der Waals surface area contributed by atoms with Crippen molar-refractivity contribution in [2.24, 2.45) is 5.73 Å². The second-order valence-corrected chi connectivity index (χ2v) is 3.51. The van der Waals surface area contributed by atoms with Crippen molar-refractivity contribution in [2.45, 2.75) is 13.3 Å². The summed E-state index contributed by atoms with van der Waals surface area (Å²) in [6.07, 6.45) is 2.70. The molecule has 74 valence electrons. The first-order valence-electron chi connectivity index (χ1n) is 4.72. The van der Waals surface area contributed by atoms with Gasteiger partial charge in [0.2, 0.25) is 0 Å². The van der Waals surface area contributed by atoms with Crippen LogP contribution in [-0.4, -0.2) is 16.6 Å². The maximum absolute atomic E-state index is 9.89. The van der Waals surface area contributed by atoms with Gasteiger partial charge in [0.25, 0.3) is 0 Å². The van der Waals surface area contributed by atoms with E-state index in [-0.39, 0.29) is 0 Å². The molecule has 0 aliphatic heterocycles. The van der Waals surface area contributed by atoms with Crippen molar-refractivity contribution in [3.8, 4) is 5.75 Å². The molecule has 0 aliphatic carbocycles. The molecule has 0 atom stereocenters. The Morgan fingerprint density at radius 3 is 2.93 bits per heavy atom. The zero-order valence-corrected chi connectivity index (χ0v) is 8.17. The van der Waals surface area contributed by atoms with Crippen LogP contribution in [-0.2, 0) is 6.42 Å². The number of phenolic OH excluding ortho intramolecular Hbond substituents is 1. The summed E-state index contributed by atoms with van der Waals surface area (Å²) in [6.45, 7) is 2.49. The minimum atomic E-state index is 0.368. The molecule has 0 fully saturated rings. The third-order valence-corrected chi connectivity index (χ3v) is 2.52. The number of nitrogens with two attached hydrogens (primary N) is 1. The molecule has 3 nitrogen and oxygen atoms in total. The van der Waals surface area contributed by atoms with Crippen LogP contribution in [0.5, 0.6) is 5.75 Å². The average Bonchev–Trinajstić information content (AvgIpc) is 2.57. The molecule has 1 heterocycles. The van der Waals surface area contributed by atoms with Gasteiger partial charge in [-0.15, -0.1) is 0 Å². The van der Waals surface area contributed by atoms with E-state index < -0.39 is 0 Å². The molecule has 0 spiro atoms. The van der Waals surface area contributed by atoms with E-state index in [0.29, 0.717) is 12.3 Å². The number of benzene rings is 1. The lowest BCUT2D eigenvalue weighted by Crippen LogP contribution is -2.01. The Kier molecular flexibility index (Phi) is 2.17. The van der Waals surface area contributed by atoms with Crippen molar-refractivity contribution in [3.05, 3.63) is 29.5 Å². The van der Waals surface area contributed by atoms with Gasteiger partial charge in [-0.25, -0.2) is 0 Å². The Bertz CT molecular complexity index is 460. The molecule has 3 heteroatoms. The number of hydrogen-bond donors (Lipinski definition) is 3. The number of nitrogens with one attached hydrogen (secondary N) is 1. The Hall–Kier alpha value is -1.48. The van der Waals surface area contributed by atoms with E-state index >= 15 is 0 Å². The minimum absolute atomic E-state index is 0.368. The Labute approximate surface area is 82.6 Å². The number of phenols is 1. The zero-order chi connectivity index (χ0) is 10.1. The van der Waals surface area contributed by atoms with Crippen molar-refractivity contribution < 1.29 is 5.11 Å². The van der Waals surface area contributed by atoms with E-state index in [1.165, 1.54) is 0 Å². The predicted octanol–water partition coefficient (Wildman–Crippen LogP) is 1.68. The first-order chi connectivity index (χ1) is 6.74. The van der Waals surface area contributed by atoms with Gasteiger partial charge in [-0.1, -0.05) is 6.07 Å². The van der Waals surface area contributed by atoms with Crippen molar-refractivity contribution in [1.29, 1.82) is 0 Å². The summed E-state index contributed by atoms with van der Waals surface area (Å²) in [6, 6.07) is 3.88. The number of aromatic amines is 1. The topological polar surface area (TPSA) is 62.0 Å². The lowest BCUT2D eigenvalue weighted by atomic mass is 10.1. The van der Waals surface area contributed by atoms with Crippen LogP contribution in [0.3, 0.4) is 0 Å². The fourth-order valence-corrected chi connectivity index (χ4v) is 1.73. The van der Waals surface area contributed by atoms with Gasteiger partial charge in [-0.3, -0.25) is 0 Å². The monoisotopic (exact) mass is 190 g/mol. The number of aromatic nitrogens is 1. The highest BCUT2D eigenvalue weighted by Gasteiger charge is 2.08. The molecule has 0 saturated heterocycles. The Balaban J connectivity index is 2.69. The number of H-pyrrole nitrogens is 1. The number of aryl methyl sites for hydroxylation is 1. The van der Waals surface area contributed by atoms with E-state index in [2.05, 4.69) is 4.98 Å². The van der Waals surface area contributed by atoms with E-state index in [0.717, 1.165) is 28.5 Å². The number of aromatic hydroxyl groups is 1. The van der Waals surface area contributed by atoms with E-state index in [4.69, 9.17) is 5.73 Å². The molecule has 0 bridgehead atoms. The van der Waals surface area contributed by atoms with E-state index in [1.54, 1.807) is 0 Å². The molecule has 0 unspecified atom stereocenters. The second kappa shape index (κ2) is 3.35. The normalized spacial score (nSPS) is 11.0. The minimum Gasteiger partial charge on any atom is -0.507 e. The Morgan fingerprint density at radius 2 is 2.21 bits per heavy atom. The van der Waals surface area contributed by atoms with Gasteiger partial charge >= 0.3 is 0 Å². The number of fused-ring (bicyclic) bond motifs is 1. The lowest BCUT2D eigenvalue weighted by Gasteiger charge is -2.02. The number of rotatable bonds is 2. The molecule has 14 heavy (non-hydrogen) atoms. The summed E-state index contributed by atoms with van der Waals surface area (Å²) in [5.74, 6) is 0.368. The smallest absolute Gasteiger partial charge is 0.128 e. The van der Waals surface area contributed by atoms with E-state index in [1.807, 2.05) is 25.3 Å². The third kappa shape index (κ3) is 1.26. The second-order valence-electron chi connectivity index (χ2n) is 3.51. The van der Waals surface area contributed by atoms with Crippen molar-refractivity contribution in [3.63, 3.8) is 0 Å². The van der Waals surface area contributed by atoms with Crippen LogP contribution in [0.4, 0.5) is 0 Å². The zero-order valence-electron chi connectivity index (χ0n) is 8.17. The van der Waals surface area contributed by atoms with Gasteiger partial charge in [0, 0.05) is 17.1 Å². The Morgan fingerprint density at radius 1 is 1.43 bits per heavy atom. The molecule has 0 aliphatic rings. The largest absolute Gasteiger partial charge is 0.507 e. The summed E-state index contributed by atoms with van der Waals surface area (Å²) >= 11 is 0. The molecule has 0 radical (unpaired) electrons. The number of hydrogen-bond acceptors (Lipinski definition) is 2. The molecule has 2 rings (SSSR count). The summed E-state index contributed by atoms with van der Waals surface area (Å²) in [7, 11) is 0. The van der Waals surface area contributed by atoms with Gasteiger partial charge in [0.05, 0.1) is 0 Å². The van der Waals surface area contributed by atoms with Crippen LogP contribution in [0.2, 0.25) is 0 Å². The molecule has 1 aromatic heterocycles. The van der Waals surface area contributed by atoms with Gasteiger partial charge in [-0.05, 0) is 37.1 Å². The highest BCUT2D eigenvalue weighted by molar-refractivity contribution is 5.90. The molecule has 2 aromatic rings. The van der Waals surface area contributed by atoms with Crippen LogP contribution in [0.15, 0.2) is 18.3 Å². The molecule has 4 N–H and O–H groups in total. The summed E-state index contributed by atoms with van der Waals surface area (Å²) in [5.41, 5.74) is 8.46. The predicted molar refractivity (Wildman–Crippen MR) is 57.5 cm³/mol. The fraction of sp³-hybridized carbons (Fsp3) is 0.273. The van der Waals surface area contributed by atoms with E-state index in [9.17, 15) is 5.11 Å². The summed E-state index contributed by atoms with van der Waals surface area (Å²) in [4.78, 5) is 3.13. The van der Waals surface area contributed by atoms with Gasteiger partial charge in [0.15, 0.2) is 0 Å². The summed E-state index contributed by atoms with van der Waals surface area (Å²) in [5, 5.41) is 10.8. The van der Waals surface area contributed by atoms with Crippen LogP contribution in [0.1, 0.15) is 11.1 Å². The SMILES string of the molecule is Cc1ccc2[nH]cc(CCN)c2c1O. The third-order valence-electron chi connectivity index (χ3n) is 2.52. The van der Waals surface area contributed by atoms with Crippen LogP contribution in [0, 0.1) is 6.92 Å². The molecular formula is C11H14N2O. The van der Waals surface area contributed by atoms with Crippen LogP contribution >= 0.6 is 0 Å².